The van der Waals surface area contributed by atoms with Crippen LogP contribution in [0.4, 0.5) is 0 Å². The summed E-state index contributed by atoms with van der Waals surface area (Å²) in [5, 5.41) is 8.05. The molecule has 4 aromatic rings. The predicted molar refractivity (Wildman–Crippen MR) is 219 cm³/mol. The molecule has 16 heteroatoms. The van der Waals surface area contributed by atoms with E-state index in [1.165, 1.54) is 67.2 Å². The standard InChI is InChI=1S/C43H48N4O12/c1-52-32-20-16-30(24-38(32)56-5)42(50)58-34-18-14-28(22-36(34)54-3)26-44-46-40(48)12-10-8-7-9-11-13-41(49)47-45-27-29-15-19-35(37(23-29)55-4)59-43(51)31-17-21-33(53-2)39(25-31)57-6/h14-27H,7-13H2,1-6H3,(H,46,48)(H,47,49)/b44-26+,45-27+. The quantitative estimate of drug-likeness (QED) is 0.0288. The molecule has 16 nitrogen and oxygen atoms in total. The van der Waals surface area contributed by atoms with Crippen LogP contribution in [0.3, 0.4) is 0 Å². The highest BCUT2D eigenvalue weighted by Crippen LogP contribution is 2.32. The molecule has 0 atom stereocenters. The summed E-state index contributed by atoms with van der Waals surface area (Å²) in [6, 6.07) is 19.1. The van der Waals surface area contributed by atoms with Crippen LogP contribution in [0.5, 0.6) is 46.0 Å². The monoisotopic (exact) mass is 812 g/mol. The van der Waals surface area contributed by atoms with E-state index in [0.29, 0.717) is 71.3 Å². The summed E-state index contributed by atoms with van der Waals surface area (Å²) in [5.74, 6) is 1.11. The van der Waals surface area contributed by atoms with E-state index in [2.05, 4.69) is 21.1 Å². The Hall–Kier alpha value is -7.10. The largest absolute Gasteiger partial charge is 0.493 e. The number of hydrazone groups is 2. The fourth-order valence-corrected chi connectivity index (χ4v) is 5.51. The summed E-state index contributed by atoms with van der Waals surface area (Å²) in [6.07, 6.45) is 7.36. The Bertz CT molecular complexity index is 1990. The zero-order valence-corrected chi connectivity index (χ0v) is 33.8. The maximum atomic E-state index is 12.7. The van der Waals surface area contributed by atoms with Crippen molar-refractivity contribution in [2.75, 3.05) is 42.7 Å². The van der Waals surface area contributed by atoms with Crippen molar-refractivity contribution in [1.29, 1.82) is 0 Å². The minimum Gasteiger partial charge on any atom is -0.493 e. The smallest absolute Gasteiger partial charge is 0.343 e. The average Bonchev–Trinajstić information content (AvgIpc) is 3.26. The van der Waals surface area contributed by atoms with Crippen LogP contribution in [-0.4, -0.2) is 78.8 Å². The molecule has 0 spiro atoms. The highest BCUT2D eigenvalue weighted by molar-refractivity contribution is 5.93. The van der Waals surface area contributed by atoms with Crippen LogP contribution < -0.4 is 48.7 Å². The minimum atomic E-state index is -0.607. The number of amides is 2. The van der Waals surface area contributed by atoms with E-state index < -0.39 is 11.9 Å². The number of methoxy groups -OCH3 is 6. The summed E-state index contributed by atoms with van der Waals surface area (Å²) in [5.41, 5.74) is 6.80. The van der Waals surface area contributed by atoms with Gasteiger partial charge in [0.2, 0.25) is 11.8 Å². The number of hydrogen-bond donors (Lipinski definition) is 2. The van der Waals surface area contributed by atoms with Crippen molar-refractivity contribution < 1.29 is 57.1 Å². The normalized spacial score (nSPS) is 10.8. The Labute approximate surface area is 342 Å². The highest BCUT2D eigenvalue weighted by atomic mass is 16.6. The number of esters is 2. The van der Waals surface area contributed by atoms with Crippen LogP contribution in [0, 0.1) is 0 Å². The van der Waals surface area contributed by atoms with Gasteiger partial charge in [0.1, 0.15) is 0 Å². The van der Waals surface area contributed by atoms with Crippen molar-refractivity contribution >= 4 is 36.2 Å². The number of ether oxygens (including phenoxy) is 8. The van der Waals surface area contributed by atoms with Gasteiger partial charge in [0.15, 0.2) is 46.0 Å². The van der Waals surface area contributed by atoms with E-state index in [9.17, 15) is 19.2 Å². The molecule has 312 valence electrons. The molecule has 0 heterocycles. The molecule has 0 bridgehead atoms. The number of unbranched alkanes of at least 4 members (excludes halogenated alkanes) is 4. The van der Waals surface area contributed by atoms with Gasteiger partial charge in [-0.05, 0) is 96.8 Å². The van der Waals surface area contributed by atoms with Crippen molar-refractivity contribution in [3.8, 4) is 46.0 Å². The summed E-state index contributed by atoms with van der Waals surface area (Å²) in [7, 11) is 8.85. The molecule has 0 fully saturated rings. The molecule has 0 aliphatic carbocycles. The molecular formula is C43H48N4O12. The molecule has 0 aromatic heterocycles. The van der Waals surface area contributed by atoms with E-state index in [0.717, 1.165) is 19.3 Å². The molecule has 0 radical (unpaired) electrons. The van der Waals surface area contributed by atoms with Gasteiger partial charge in [-0.3, -0.25) is 9.59 Å². The first-order chi connectivity index (χ1) is 28.6. The molecule has 0 saturated carbocycles. The third-order valence-corrected chi connectivity index (χ3v) is 8.63. The van der Waals surface area contributed by atoms with Gasteiger partial charge in [0, 0.05) is 12.8 Å². The summed E-state index contributed by atoms with van der Waals surface area (Å²) in [6.45, 7) is 0. The van der Waals surface area contributed by atoms with Gasteiger partial charge in [-0.25, -0.2) is 20.4 Å². The number of carbonyl (C=O) groups excluding carboxylic acids is 4. The molecule has 4 aromatic carbocycles. The molecule has 0 aliphatic heterocycles. The maximum absolute atomic E-state index is 12.7. The first kappa shape index (κ1) is 44.6. The fourth-order valence-electron chi connectivity index (χ4n) is 5.51. The Morgan fingerprint density at radius 2 is 0.780 bits per heavy atom. The van der Waals surface area contributed by atoms with Gasteiger partial charge in [0.05, 0.1) is 66.2 Å². The second kappa shape index (κ2) is 23.2. The van der Waals surface area contributed by atoms with Crippen LogP contribution in [0.25, 0.3) is 0 Å². The fraction of sp³-hybridized carbons (Fsp3) is 0.302. The van der Waals surface area contributed by atoms with Crippen LogP contribution >= 0.6 is 0 Å². The maximum Gasteiger partial charge on any atom is 0.343 e. The zero-order valence-electron chi connectivity index (χ0n) is 33.8. The van der Waals surface area contributed by atoms with E-state index in [1.54, 1.807) is 60.7 Å². The van der Waals surface area contributed by atoms with Gasteiger partial charge in [-0.2, -0.15) is 10.2 Å². The Kier molecular flexibility index (Phi) is 17.5. The topological polar surface area (TPSA) is 191 Å². The van der Waals surface area contributed by atoms with Crippen molar-refractivity contribution in [1.82, 2.24) is 10.9 Å². The Morgan fingerprint density at radius 3 is 1.15 bits per heavy atom. The molecule has 59 heavy (non-hydrogen) atoms. The van der Waals surface area contributed by atoms with Crippen molar-refractivity contribution in [2.24, 2.45) is 10.2 Å². The summed E-state index contributed by atoms with van der Waals surface area (Å²) in [4.78, 5) is 50.1. The molecule has 2 amide bonds. The van der Waals surface area contributed by atoms with Gasteiger partial charge in [0.25, 0.3) is 0 Å². The highest BCUT2D eigenvalue weighted by Gasteiger charge is 2.17. The third-order valence-electron chi connectivity index (χ3n) is 8.63. The number of nitrogens with zero attached hydrogens (tertiary/aromatic N) is 2. The molecule has 0 aliphatic rings. The number of carbonyl (C=O) groups is 4. The molecule has 0 unspecified atom stereocenters. The van der Waals surface area contributed by atoms with Gasteiger partial charge < -0.3 is 37.9 Å². The lowest BCUT2D eigenvalue weighted by Crippen LogP contribution is -2.17. The first-order valence-corrected chi connectivity index (χ1v) is 18.5. The number of rotatable bonds is 22. The SMILES string of the molecule is COc1ccc(C(=O)Oc2ccc(/C=N/NC(=O)CCCCCCCC(=O)N/N=C/c3ccc(OC(=O)c4ccc(OC)c(OC)c4)c(OC)c3)cc2OC)cc1OC. The zero-order chi connectivity index (χ0) is 42.6. The average molecular weight is 813 g/mol. The van der Waals surface area contributed by atoms with Crippen LogP contribution in [-0.2, 0) is 9.59 Å². The first-order valence-electron chi connectivity index (χ1n) is 18.5. The van der Waals surface area contributed by atoms with E-state index in [-0.39, 0.29) is 34.4 Å². The van der Waals surface area contributed by atoms with Gasteiger partial charge >= 0.3 is 11.9 Å². The van der Waals surface area contributed by atoms with E-state index in [1.807, 2.05) is 0 Å². The number of benzene rings is 4. The second-order valence-electron chi connectivity index (χ2n) is 12.6. The summed E-state index contributed by atoms with van der Waals surface area (Å²) >= 11 is 0. The van der Waals surface area contributed by atoms with E-state index in [4.69, 9.17) is 37.9 Å². The van der Waals surface area contributed by atoms with Crippen LogP contribution in [0.2, 0.25) is 0 Å². The lowest BCUT2D eigenvalue weighted by molar-refractivity contribution is -0.121. The summed E-state index contributed by atoms with van der Waals surface area (Å²) < 4.78 is 42.8. The van der Waals surface area contributed by atoms with Crippen molar-refractivity contribution in [3.05, 3.63) is 95.1 Å². The minimum absolute atomic E-state index is 0.207. The number of nitrogens with one attached hydrogen (secondary N) is 2. The van der Waals surface area contributed by atoms with E-state index >= 15 is 0 Å². The predicted octanol–water partition coefficient (Wildman–Crippen LogP) is 6.51. The van der Waals surface area contributed by atoms with Gasteiger partial charge in [-0.15, -0.1) is 0 Å². The lowest BCUT2D eigenvalue weighted by Gasteiger charge is -2.11. The molecule has 2 N–H and O–H groups in total. The van der Waals surface area contributed by atoms with Gasteiger partial charge in [-0.1, -0.05) is 19.3 Å². The van der Waals surface area contributed by atoms with Crippen LogP contribution in [0.1, 0.15) is 76.8 Å². The molecule has 4 rings (SSSR count). The molecule has 0 saturated heterocycles. The number of hydrogen-bond acceptors (Lipinski definition) is 14. The van der Waals surface area contributed by atoms with Crippen molar-refractivity contribution in [3.63, 3.8) is 0 Å². The Balaban J connectivity index is 1.10. The molecular weight excluding hydrogens is 764 g/mol. The Morgan fingerprint density at radius 1 is 0.441 bits per heavy atom. The lowest BCUT2D eigenvalue weighted by atomic mass is 10.1. The van der Waals surface area contributed by atoms with Crippen molar-refractivity contribution in [2.45, 2.75) is 44.9 Å². The second-order valence-corrected chi connectivity index (χ2v) is 12.6. The third kappa shape index (κ3) is 13.5. The van der Waals surface area contributed by atoms with Crippen LogP contribution in [0.15, 0.2) is 83.0 Å².